The molecule has 1 aliphatic heterocycles. The Morgan fingerprint density at radius 3 is 2.45 bits per heavy atom. The molecule has 0 saturated carbocycles. The van der Waals surface area contributed by atoms with E-state index in [0.717, 1.165) is 33.5 Å². The lowest BCUT2D eigenvalue weighted by atomic mass is 9.94. The molecule has 0 saturated heterocycles. The van der Waals surface area contributed by atoms with Gasteiger partial charge in [-0.25, -0.2) is 0 Å². The summed E-state index contributed by atoms with van der Waals surface area (Å²) in [6, 6.07) is 23.1. The summed E-state index contributed by atoms with van der Waals surface area (Å²) in [5.74, 6) is 0.132. The number of aryl methyl sites for hydroxylation is 1. The molecule has 0 radical (unpaired) electrons. The van der Waals surface area contributed by atoms with Gasteiger partial charge < -0.3 is 16.0 Å². The van der Waals surface area contributed by atoms with E-state index in [1.54, 1.807) is 18.7 Å². The van der Waals surface area contributed by atoms with E-state index in [-0.39, 0.29) is 18.2 Å². The Balaban J connectivity index is 1.52. The number of carbonyl (C=O) groups is 2. The molecule has 4 N–H and O–H groups in total. The fourth-order valence-electron chi connectivity index (χ4n) is 4.95. The van der Waals surface area contributed by atoms with Crippen molar-refractivity contribution in [2.24, 2.45) is 5.73 Å². The normalized spacial score (nSPS) is 15.6. The fourth-order valence-corrected chi connectivity index (χ4v) is 4.95. The topological polar surface area (TPSA) is 130 Å². The van der Waals surface area contributed by atoms with Gasteiger partial charge in [-0.05, 0) is 60.2 Å². The molecule has 0 fully saturated rings. The average Bonchev–Trinajstić information content (AvgIpc) is 3.40. The molecule has 2 heterocycles. The summed E-state index contributed by atoms with van der Waals surface area (Å²) in [6.45, 7) is 3.93. The van der Waals surface area contributed by atoms with Gasteiger partial charge in [-0.1, -0.05) is 66.7 Å². The van der Waals surface area contributed by atoms with Crippen molar-refractivity contribution in [3.05, 3.63) is 83.9 Å². The monoisotopic (exact) mass is 509 g/mol. The Morgan fingerprint density at radius 1 is 1.03 bits per heavy atom. The lowest BCUT2D eigenvalue weighted by molar-refractivity contribution is -0.128. The van der Waals surface area contributed by atoms with Crippen molar-refractivity contribution < 1.29 is 9.59 Å². The highest BCUT2D eigenvalue weighted by Gasteiger charge is 2.32. The first-order valence-corrected chi connectivity index (χ1v) is 12.7. The predicted octanol–water partition coefficient (Wildman–Crippen LogP) is 3.63. The molecular weight excluding hydrogens is 478 g/mol. The lowest BCUT2D eigenvalue weighted by Gasteiger charge is -2.28. The highest BCUT2D eigenvalue weighted by atomic mass is 16.2. The fraction of sp³-hybridized carbons (Fsp3) is 0.276. The third kappa shape index (κ3) is 5.47. The zero-order valence-electron chi connectivity index (χ0n) is 21.5. The summed E-state index contributed by atoms with van der Waals surface area (Å²) in [7, 11) is 0. The van der Waals surface area contributed by atoms with Crippen LogP contribution < -0.4 is 16.0 Å². The summed E-state index contributed by atoms with van der Waals surface area (Å²) in [5, 5.41) is 17.5. The second kappa shape index (κ2) is 10.5. The van der Waals surface area contributed by atoms with E-state index in [2.05, 4.69) is 25.9 Å². The van der Waals surface area contributed by atoms with Gasteiger partial charge in [0.15, 0.2) is 0 Å². The molecule has 0 unspecified atom stereocenters. The molecule has 1 aromatic heterocycles. The number of hydrogen-bond donors (Lipinski definition) is 3. The number of aromatic amines is 1. The van der Waals surface area contributed by atoms with Gasteiger partial charge in [0, 0.05) is 23.2 Å². The van der Waals surface area contributed by atoms with Crippen LogP contribution in [0.4, 0.5) is 5.69 Å². The number of tetrazole rings is 1. The van der Waals surface area contributed by atoms with Gasteiger partial charge in [0.2, 0.25) is 17.6 Å². The van der Waals surface area contributed by atoms with E-state index < -0.39 is 11.6 Å². The van der Waals surface area contributed by atoms with Crippen LogP contribution in [0.25, 0.3) is 22.5 Å². The van der Waals surface area contributed by atoms with E-state index >= 15 is 0 Å². The SMILES string of the molecule is CC(C)(N)CC(=O)N[C@@H]1CCc2ccccc2N(Cc2ccccc2-c2ccccc2-c2nn[nH]n2)C1=O. The first-order valence-electron chi connectivity index (χ1n) is 12.7. The number of carbonyl (C=O) groups excluding carboxylic acids is 2. The van der Waals surface area contributed by atoms with Crippen molar-refractivity contribution in [2.75, 3.05) is 4.90 Å². The van der Waals surface area contributed by atoms with Gasteiger partial charge in [-0.15, -0.1) is 10.2 Å². The van der Waals surface area contributed by atoms with Gasteiger partial charge in [-0.2, -0.15) is 5.21 Å². The maximum Gasteiger partial charge on any atom is 0.249 e. The third-order valence-electron chi connectivity index (χ3n) is 6.65. The Kier molecular flexibility index (Phi) is 7.02. The number of anilines is 1. The molecule has 0 bridgehead atoms. The summed E-state index contributed by atoms with van der Waals surface area (Å²) in [6.07, 6.45) is 1.34. The molecule has 5 rings (SSSR count). The van der Waals surface area contributed by atoms with Crippen LogP contribution in [0.15, 0.2) is 72.8 Å². The van der Waals surface area contributed by atoms with Crippen LogP contribution in [0.3, 0.4) is 0 Å². The molecule has 38 heavy (non-hydrogen) atoms. The Labute approximate surface area is 221 Å². The highest BCUT2D eigenvalue weighted by molar-refractivity contribution is 6.00. The first kappa shape index (κ1) is 25.3. The molecule has 1 atom stereocenters. The van der Waals surface area contributed by atoms with Crippen molar-refractivity contribution in [2.45, 2.75) is 51.2 Å². The quantitative estimate of drug-likeness (QED) is 0.349. The summed E-state index contributed by atoms with van der Waals surface area (Å²) >= 11 is 0. The number of nitrogens with one attached hydrogen (secondary N) is 2. The van der Waals surface area contributed by atoms with Gasteiger partial charge in [0.05, 0.1) is 6.54 Å². The zero-order chi connectivity index (χ0) is 26.7. The maximum atomic E-state index is 14.0. The standard InChI is InChI=1S/C29H31N7O2/c1-29(2,30)17-26(37)31-24-16-15-19-9-4-8-14-25(19)36(28(24)38)18-20-10-3-5-11-21(20)22-12-6-7-13-23(22)27-32-34-35-33-27/h3-14,24H,15-18,30H2,1-2H3,(H,31,37)(H,32,33,34,35)/t24-/m1/s1. The van der Waals surface area contributed by atoms with Crippen LogP contribution in [0.2, 0.25) is 0 Å². The number of benzene rings is 3. The zero-order valence-corrected chi connectivity index (χ0v) is 21.5. The molecule has 3 aromatic carbocycles. The number of nitrogens with zero attached hydrogens (tertiary/aromatic N) is 4. The smallest absolute Gasteiger partial charge is 0.249 e. The summed E-state index contributed by atoms with van der Waals surface area (Å²) < 4.78 is 0. The molecule has 0 aliphatic carbocycles. The van der Waals surface area contributed by atoms with E-state index in [1.807, 2.05) is 72.8 Å². The van der Waals surface area contributed by atoms with E-state index in [0.29, 0.717) is 25.2 Å². The van der Waals surface area contributed by atoms with Crippen LogP contribution in [-0.4, -0.2) is 44.0 Å². The third-order valence-corrected chi connectivity index (χ3v) is 6.65. The first-order chi connectivity index (χ1) is 18.3. The number of aromatic nitrogens is 4. The number of fused-ring (bicyclic) bond motifs is 1. The molecule has 194 valence electrons. The summed E-state index contributed by atoms with van der Waals surface area (Å²) in [4.78, 5) is 28.5. The number of para-hydroxylation sites is 1. The lowest BCUT2D eigenvalue weighted by Crippen LogP contribution is -2.49. The minimum absolute atomic E-state index is 0.138. The van der Waals surface area contributed by atoms with E-state index in [4.69, 9.17) is 5.73 Å². The molecule has 0 spiro atoms. The van der Waals surface area contributed by atoms with Crippen molar-refractivity contribution in [1.82, 2.24) is 25.9 Å². The molecular formula is C29H31N7O2. The number of nitrogens with two attached hydrogens (primary N) is 1. The van der Waals surface area contributed by atoms with Crippen LogP contribution in [0.5, 0.6) is 0 Å². The average molecular weight is 510 g/mol. The van der Waals surface area contributed by atoms with Gasteiger partial charge >= 0.3 is 0 Å². The van der Waals surface area contributed by atoms with Crippen LogP contribution >= 0.6 is 0 Å². The molecule has 2 amide bonds. The van der Waals surface area contributed by atoms with E-state index in [9.17, 15) is 9.59 Å². The summed E-state index contributed by atoms with van der Waals surface area (Å²) in [5.41, 5.74) is 11.0. The number of H-pyrrole nitrogens is 1. The maximum absolute atomic E-state index is 14.0. The molecule has 9 nitrogen and oxygen atoms in total. The van der Waals surface area contributed by atoms with Gasteiger partial charge in [0.25, 0.3) is 0 Å². The van der Waals surface area contributed by atoms with Crippen LogP contribution in [0.1, 0.15) is 37.8 Å². The van der Waals surface area contributed by atoms with E-state index in [1.165, 1.54) is 0 Å². The Bertz CT molecular complexity index is 1440. The molecule has 9 heteroatoms. The largest absolute Gasteiger partial charge is 0.344 e. The predicted molar refractivity (Wildman–Crippen MR) is 146 cm³/mol. The number of rotatable bonds is 7. The minimum atomic E-state index is -0.661. The van der Waals surface area contributed by atoms with Crippen LogP contribution in [0, 0.1) is 0 Å². The Morgan fingerprint density at radius 2 is 1.71 bits per heavy atom. The number of hydrogen-bond acceptors (Lipinski definition) is 6. The van der Waals surface area contributed by atoms with Crippen molar-refractivity contribution in [3.63, 3.8) is 0 Å². The van der Waals surface area contributed by atoms with Crippen molar-refractivity contribution in [3.8, 4) is 22.5 Å². The highest BCUT2D eigenvalue weighted by Crippen LogP contribution is 2.35. The molecule has 4 aromatic rings. The van der Waals surface area contributed by atoms with Crippen molar-refractivity contribution in [1.29, 1.82) is 0 Å². The second-order valence-corrected chi connectivity index (χ2v) is 10.3. The van der Waals surface area contributed by atoms with Crippen molar-refractivity contribution >= 4 is 17.5 Å². The van der Waals surface area contributed by atoms with Gasteiger partial charge in [0.1, 0.15) is 6.04 Å². The van der Waals surface area contributed by atoms with Crippen LogP contribution in [-0.2, 0) is 22.6 Å². The molecule has 1 aliphatic rings. The second-order valence-electron chi connectivity index (χ2n) is 10.3. The van der Waals surface area contributed by atoms with Gasteiger partial charge in [-0.3, -0.25) is 9.59 Å². The number of amides is 2. The minimum Gasteiger partial charge on any atom is -0.344 e. The Hall–Kier alpha value is -4.37.